The molecule has 3 rings (SSSR count). The van der Waals surface area contributed by atoms with E-state index in [-0.39, 0.29) is 12.6 Å². The molecule has 2 amide bonds. The first kappa shape index (κ1) is 16.0. The van der Waals surface area contributed by atoms with Crippen molar-refractivity contribution in [2.24, 2.45) is 0 Å². The summed E-state index contributed by atoms with van der Waals surface area (Å²) in [5, 5.41) is 17.5. The standard InChI is InChI=1S/C17H21N3O2S/c1-12-9-13(10-23-12)15-14(5-4-8-18-15)19-16(22)20-17(11-21)6-2-3-7-17/h4-5,8-10,21H,2-3,6-7,11H2,1H3,(H2,19,20,22). The average Bonchev–Trinajstić information content (AvgIpc) is 3.17. The Morgan fingerprint density at radius 2 is 2.22 bits per heavy atom. The number of thiophene rings is 1. The van der Waals surface area contributed by atoms with Crippen LogP contribution in [-0.2, 0) is 0 Å². The van der Waals surface area contributed by atoms with E-state index in [9.17, 15) is 9.90 Å². The fraction of sp³-hybridized carbons (Fsp3) is 0.412. The van der Waals surface area contributed by atoms with Crippen LogP contribution in [0.5, 0.6) is 0 Å². The number of amides is 2. The number of anilines is 1. The van der Waals surface area contributed by atoms with Crippen LogP contribution in [0.3, 0.4) is 0 Å². The minimum absolute atomic E-state index is 0.0238. The van der Waals surface area contributed by atoms with E-state index in [1.807, 2.05) is 18.4 Å². The third-order valence-electron chi connectivity index (χ3n) is 4.30. The quantitative estimate of drug-likeness (QED) is 0.802. The number of hydrogen-bond acceptors (Lipinski definition) is 4. The van der Waals surface area contributed by atoms with Gasteiger partial charge in [-0.25, -0.2) is 4.79 Å². The van der Waals surface area contributed by atoms with Crippen molar-refractivity contribution >= 4 is 23.1 Å². The summed E-state index contributed by atoms with van der Waals surface area (Å²) in [5.74, 6) is 0. The van der Waals surface area contributed by atoms with Crippen molar-refractivity contribution in [2.75, 3.05) is 11.9 Å². The summed E-state index contributed by atoms with van der Waals surface area (Å²) in [6.45, 7) is 2.02. The molecule has 122 valence electrons. The number of pyridine rings is 1. The van der Waals surface area contributed by atoms with Crippen molar-refractivity contribution in [1.29, 1.82) is 0 Å². The molecule has 0 saturated heterocycles. The maximum Gasteiger partial charge on any atom is 0.319 e. The van der Waals surface area contributed by atoms with E-state index in [4.69, 9.17) is 0 Å². The van der Waals surface area contributed by atoms with Gasteiger partial charge in [-0.3, -0.25) is 4.98 Å². The highest BCUT2D eigenvalue weighted by Gasteiger charge is 2.34. The number of hydrogen-bond donors (Lipinski definition) is 3. The van der Waals surface area contributed by atoms with Crippen LogP contribution in [0.2, 0.25) is 0 Å². The number of aliphatic hydroxyl groups excluding tert-OH is 1. The Bertz CT molecular complexity index is 693. The van der Waals surface area contributed by atoms with Crippen molar-refractivity contribution in [2.45, 2.75) is 38.1 Å². The van der Waals surface area contributed by atoms with Gasteiger partial charge in [0.2, 0.25) is 0 Å². The van der Waals surface area contributed by atoms with E-state index in [1.165, 1.54) is 4.88 Å². The van der Waals surface area contributed by atoms with Crippen LogP contribution in [0.1, 0.15) is 30.6 Å². The second kappa shape index (κ2) is 6.68. The van der Waals surface area contributed by atoms with Crippen LogP contribution in [0, 0.1) is 6.92 Å². The van der Waals surface area contributed by atoms with Gasteiger partial charge in [0.15, 0.2) is 0 Å². The Labute approximate surface area is 139 Å². The van der Waals surface area contributed by atoms with Gasteiger partial charge in [0, 0.05) is 22.0 Å². The maximum absolute atomic E-state index is 12.4. The molecule has 1 aliphatic carbocycles. The summed E-state index contributed by atoms with van der Waals surface area (Å²) in [6.07, 6.45) is 5.43. The predicted molar refractivity (Wildman–Crippen MR) is 92.7 cm³/mol. The molecular formula is C17H21N3O2S. The number of urea groups is 1. The van der Waals surface area contributed by atoms with Gasteiger partial charge < -0.3 is 15.7 Å². The molecule has 0 aliphatic heterocycles. The first-order chi connectivity index (χ1) is 11.1. The molecule has 0 atom stereocenters. The minimum Gasteiger partial charge on any atom is -0.394 e. The molecule has 0 spiro atoms. The second-order valence-electron chi connectivity index (χ2n) is 6.07. The monoisotopic (exact) mass is 331 g/mol. The number of carbonyl (C=O) groups excluding carboxylic acids is 1. The van der Waals surface area contributed by atoms with Crippen LogP contribution in [0.4, 0.5) is 10.5 Å². The van der Waals surface area contributed by atoms with Crippen molar-refractivity contribution in [3.05, 3.63) is 34.7 Å². The summed E-state index contributed by atoms with van der Waals surface area (Å²) in [7, 11) is 0. The fourth-order valence-electron chi connectivity index (χ4n) is 3.07. The summed E-state index contributed by atoms with van der Waals surface area (Å²) >= 11 is 1.65. The lowest BCUT2D eigenvalue weighted by Crippen LogP contribution is -2.50. The van der Waals surface area contributed by atoms with E-state index >= 15 is 0 Å². The number of nitrogens with one attached hydrogen (secondary N) is 2. The van der Waals surface area contributed by atoms with E-state index in [2.05, 4.69) is 21.7 Å². The largest absolute Gasteiger partial charge is 0.394 e. The van der Waals surface area contributed by atoms with Crippen molar-refractivity contribution in [3.63, 3.8) is 0 Å². The molecule has 0 unspecified atom stereocenters. The highest BCUT2D eigenvalue weighted by atomic mass is 32.1. The van der Waals surface area contributed by atoms with Gasteiger partial charge >= 0.3 is 6.03 Å². The molecule has 0 bridgehead atoms. The van der Waals surface area contributed by atoms with Gasteiger partial charge in [0.05, 0.1) is 23.5 Å². The second-order valence-corrected chi connectivity index (χ2v) is 7.19. The molecule has 1 fully saturated rings. The Morgan fingerprint density at radius 3 is 2.87 bits per heavy atom. The summed E-state index contributed by atoms with van der Waals surface area (Å²) in [4.78, 5) is 18.0. The summed E-state index contributed by atoms with van der Waals surface area (Å²) in [6, 6.07) is 5.41. The number of aromatic nitrogens is 1. The van der Waals surface area contributed by atoms with Gasteiger partial charge in [-0.05, 0) is 38.0 Å². The average molecular weight is 331 g/mol. The highest BCUT2D eigenvalue weighted by Crippen LogP contribution is 2.31. The molecule has 23 heavy (non-hydrogen) atoms. The molecule has 5 nitrogen and oxygen atoms in total. The van der Waals surface area contributed by atoms with Gasteiger partial charge in [-0.15, -0.1) is 11.3 Å². The van der Waals surface area contributed by atoms with E-state index in [0.717, 1.165) is 36.9 Å². The van der Waals surface area contributed by atoms with Gasteiger partial charge in [0.25, 0.3) is 0 Å². The van der Waals surface area contributed by atoms with Crippen LogP contribution in [0.25, 0.3) is 11.3 Å². The predicted octanol–water partition coefficient (Wildman–Crippen LogP) is 3.55. The number of nitrogens with zero attached hydrogens (tertiary/aromatic N) is 1. The molecule has 0 radical (unpaired) electrons. The first-order valence-corrected chi connectivity index (χ1v) is 8.70. The SMILES string of the molecule is Cc1cc(-c2ncccc2NC(=O)NC2(CO)CCCC2)cs1. The zero-order valence-electron chi connectivity index (χ0n) is 13.1. The zero-order valence-corrected chi connectivity index (χ0v) is 13.9. The normalized spacial score (nSPS) is 16.3. The highest BCUT2D eigenvalue weighted by molar-refractivity contribution is 7.10. The molecule has 1 aliphatic rings. The molecule has 6 heteroatoms. The van der Waals surface area contributed by atoms with Gasteiger partial charge in [0.1, 0.15) is 0 Å². The molecule has 0 aromatic carbocycles. The van der Waals surface area contributed by atoms with Crippen LogP contribution in [0.15, 0.2) is 29.8 Å². The van der Waals surface area contributed by atoms with Crippen molar-refractivity contribution < 1.29 is 9.90 Å². The topological polar surface area (TPSA) is 74.2 Å². The lowest BCUT2D eigenvalue weighted by molar-refractivity contribution is 0.167. The van der Waals surface area contributed by atoms with Crippen LogP contribution >= 0.6 is 11.3 Å². The minimum atomic E-state index is -0.481. The Hall–Kier alpha value is -1.92. The molecular weight excluding hydrogens is 310 g/mol. The van der Waals surface area contributed by atoms with E-state index < -0.39 is 5.54 Å². The first-order valence-electron chi connectivity index (χ1n) is 7.82. The number of aliphatic hydroxyl groups is 1. The van der Waals surface area contributed by atoms with Gasteiger partial charge in [-0.2, -0.15) is 0 Å². The smallest absolute Gasteiger partial charge is 0.319 e. The Kier molecular flexibility index (Phi) is 4.63. The Balaban J connectivity index is 1.76. The Morgan fingerprint density at radius 1 is 1.43 bits per heavy atom. The molecule has 2 heterocycles. The van der Waals surface area contributed by atoms with E-state index in [0.29, 0.717) is 5.69 Å². The van der Waals surface area contributed by atoms with E-state index in [1.54, 1.807) is 23.6 Å². The molecule has 3 N–H and O–H groups in total. The summed E-state index contributed by atoms with van der Waals surface area (Å²) in [5.41, 5.74) is 1.96. The summed E-state index contributed by atoms with van der Waals surface area (Å²) < 4.78 is 0. The fourth-order valence-corrected chi connectivity index (χ4v) is 3.76. The third-order valence-corrected chi connectivity index (χ3v) is 5.16. The maximum atomic E-state index is 12.4. The number of rotatable bonds is 4. The van der Waals surface area contributed by atoms with Crippen molar-refractivity contribution in [3.8, 4) is 11.3 Å². The van der Waals surface area contributed by atoms with Crippen LogP contribution < -0.4 is 10.6 Å². The lowest BCUT2D eigenvalue weighted by Gasteiger charge is -2.28. The third kappa shape index (κ3) is 3.54. The number of carbonyl (C=O) groups is 1. The molecule has 2 aromatic rings. The van der Waals surface area contributed by atoms with Crippen molar-refractivity contribution in [1.82, 2.24) is 10.3 Å². The lowest BCUT2D eigenvalue weighted by atomic mass is 9.99. The molecule has 2 aromatic heterocycles. The molecule has 1 saturated carbocycles. The zero-order chi connectivity index (χ0) is 16.3. The number of aryl methyl sites for hydroxylation is 1. The van der Waals surface area contributed by atoms with Gasteiger partial charge in [-0.1, -0.05) is 12.8 Å². The van der Waals surface area contributed by atoms with Crippen LogP contribution in [-0.4, -0.2) is 28.3 Å².